The molecule has 0 N–H and O–H groups in total. The monoisotopic (exact) mass is 378 g/mol. The molecule has 0 bridgehead atoms. The fourth-order valence-electron chi connectivity index (χ4n) is 3.02. The fraction of sp³-hybridized carbons (Fsp3) is 0.0417. The normalized spacial score (nSPS) is 11.1. The number of pyridine rings is 1. The number of benzene rings is 2. The highest BCUT2D eigenvalue weighted by Gasteiger charge is 2.13. The minimum atomic E-state index is 0.480. The number of aromatic nitrogens is 3. The summed E-state index contributed by atoms with van der Waals surface area (Å²) in [5, 5.41) is 14.5. The molecule has 2 aromatic carbocycles. The van der Waals surface area contributed by atoms with Gasteiger partial charge in [-0.25, -0.2) is 4.68 Å². The largest absolute Gasteiger partial charge is 0.497 e. The van der Waals surface area contributed by atoms with Crippen LogP contribution in [0.1, 0.15) is 11.3 Å². The van der Waals surface area contributed by atoms with E-state index < -0.39 is 0 Å². The maximum Gasteiger partial charge on any atom is 0.118 e. The number of allylic oxidation sites excluding steroid dienone is 1. The van der Waals surface area contributed by atoms with Crippen LogP contribution < -0.4 is 4.74 Å². The van der Waals surface area contributed by atoms with E-state index in [1.165, 1.54) is 0 Å². The molecule has 5 heteroatoms. The van der Waals surface area contributed by atoms with E-state index >= 15 is 0 Å². The van der Waals surface area contributed by atoms with E-state index in [0.29, 0.717) is 11.3 Å². The van der Waals surface area contributed by atoms with Gasteiger partial charge in [-0.15, -0.1) is 0 Å². The summed E-state index contributed by atoms with van der Waals surface area (Å²) in [7, 11) is 1.64. The molecule has 0 fully saturated rings. The van der Waals surface area contributed by atoms with Gasteiger partial charge in [-0.2, -0.15) is 10.4 Å². The summed E-state index contributed by atoms with van der Waals surface area (Å²) in [4.78, 5) is 4.30. The molecular weight excluding hydrogens is 360 g/mol. The smallest absolute Gasteiger partial charge is 0.118 e. The molecule has 0 amide bonds. The summed E-state index contributed by atoms with van der Waals surface area (Å²) in [5.74, 6) is 0.777. The Morgan fingerprint density at radius 1 is 1.00 bits per heavy atom. The Kier molecular flexibility index (Phi) is 5.17. The predicted molar refractivity (Wildman–Crippen MR) is 113 cm³/mol. The maximum atomic E-state index is 9.69. The number of methoxy groups -OCH3 is 1. The Hall–Kier alpha value is -4.17. The van der Waals surface area contributed by atoms with Gasteiger partial charge in [0.1, 0.15) is 11.8 Å². The molecule has 0 saturated heterocycles. The second-order valence-corrected chi connectivity index (χ2v) is 6.33. The Balaban J connectivity index is 1.86. The standard InChI is InChI=1S/C24H18N4O/c1-29-22-12-10-18(11-13-22)24-20(15-19(16-25)23-9-5-6-14-26-23)17-28(27-24)21-7-3-2-4-8-21/h2-15,17H,1H3. The first kappa shape index (κ1) is 18.2. The van der Waals surface area contributed by atoms with Crippen LogP contribution in [0.4, 0.5) is 0 Å². The Bertz CT molecular complexity index is 1170. The van der Waals surface area contributed by atoms with Gasteiger partial charge in [-0.3, -0.25) is 4.98 Å². The maximum absolute atomic E-state index is 9.69. The molecule has 29 heavy (non-hydrogen) atoms. The fourth-order valence-corrected chi connectivity index (χ4v) is 3.02. The average molecular weight is 378 g/mol. The van der Waals surface area contributed by atoms with Crippen LogP contribution in [-0.4, -0.2) is 21.9 Å². The lowest BCUT2D eigenvalue weighted by molar-refractivity contribution is 0.415. The second-order valence-electron chi connectivity index (χ2n) is 6.33. The van der Waals surface area contributed by atoms with Gasteiger partial charge in [-0.05, 0) is 54.6 Å². The molecule has 2 aromatic heterocycles. The molecular formula is C24H18N4O. The van der Waals surface area contributed by atoms with Crippen molar-refractivity contribution in [1.82, 2.24) is 14.8 Å². The number of nitriles is 1. The van der Waals surface area contributed by atoms with Crippen molar-refractivity contribution in [1.29, 1.82) is 5.26 Å². The van der Waals surface area contributed by atoms with Gasteiger partial charge in [0.15, 0.2) is 0 Å². The van der Waals surface area contributed by atoms with E-state index in [-0.39, 0.29) is 0 Å². The van der Waals surface area contributed by atoms with E-state index in [1.54, 1.807) is 13.3 Å². The van der Waals surface area contributed by atoms with Crippen LogP contribution >= 0.6 is 0 Å². The molecule has 0 spiro atoms. The molecule has 2 heterocycles. The molecule has 0 radical (unpaired) electrons. The van der Waals surface area contributed by atoms with Gasteiger partial charge in [0, 0.05) is 23.5 Å². The highest BCUT2D eigenvalue weighted by molar-refractivity contribution is 5.91. The van der Waals surface area contributed by atoms with E-state index in [9.17, 15) is 5.26 Å². The van der Waals surface area contributed by atoms with Crippen LogP contribution in [0.3, 0.4) is 0 Å². The molecule has 0 aliphatic carbocycles. The third-order valence-electron chi connectivity index (χ3n) is 4.49. The van der Waals surface area contributed by atoms with Crippen LogP contribution in [0.5, 0.6) is 5.75 Å². The van der Waals surface area contributed by atoms with Crippen molar-refractivity contribution in [2.45, 2.75) is 0 Å². The number of rotatable bonds is 5. The summed E-state index contributed by atoms with van der Waals surface area (Å²) < 4.78 is 7.08. The zero-order valence-electron chi connectivity index (χ0n) is 15.9. The molecule has 0 saturated carbocycles. The van der Waals surface area contributed by atoms with Crippen molar-refractivity contribution >= 4 is 11.6 Å². The zero-order valence-corrected chi connectivity index (χ0v) is 15.9. The lowest BCUT2D eigenvalue weighted by Crippen LogP contribution is -1.94. The first-order chi connectivity index (χ1) is 14.3. The molecule has 4 aromatic rings. The van der Waals surface area contributed by atoms with Crippen LogP contribution in [0.15, 0.2) is 85.2 Å². The molecule has 140 valence electrons. The molecule has 0 aliphatic heterocycles. The molecule has 0 atom stereocenters. The second kappa shape index (κ2) is 8.24. The highest BCUT2D eigenvalue weighted by atomic mass is 16.5. The number of nitrogens with zero attached hydrogens (tertiary/aromatic N) is 4. The number of hydrogen-bond donors (Lipinski definition) is 0. The minimum absolute atomic E-state index is 0.480. The van der Waals surface area contributed by atoms with Crippen LogP contribution in [0, 0.1) is 11.3 Å². The van der Waals surface area contributed by atoms with Gasteiger partial charge < -0.3 is 4.74 Å². The quantitative estimate of drug-likeness (QED) is 0.458. The van der Waals surface area contributed by atoms with Gasteiger partial charge >= 0.3 is 0 Å². The van der Waals surface area contributed by atoms with Crippen molar-refractivity contribution < 1.29 is 4.74 Å². The lowest BCUT2D eigenvalue weighted by Gasteiger charge is -2.03. The summed E-state index contributed by atoms with van der Waals surface area (Å²) >= 11 is 0. The third-order valence-corrected chi connectivity index (χ3v) is 4.49. The lowest BCUT2D eigenvalue weighted by atomic mass is 10.0. The number of para-hydroxylation sites is 1. The van der Waals surface area contributed by atoms with E-state index in [4.69, 9.17) is 9.84 Å². The van der Waals surface area contributed by atoms with Crippen molar-refractivity contribution in [3.8, 4) is 28.8 Å². The summed E-state index contributed by atoms with van der Waals surface area (Å²) in [6.45, 7) is 0. The van der Waals surface area contributed by atoms with Crippen molar-refractivity contribution in [2.24, 2.45) is 0 Å². The summed E-state index contributed by atoms with van der Waals surface area (Å²) in [6, 6.07) is 25.4. The number of hydrogen-bond acceptors (Lipinski definition) is 4. The zero-order chi connectivity index (χ0) is 20.1. The van der Waals surface area contributed by atoms with E-state index in [2.05, 4.69) is 11.1 Å². The first-order valence-corrected chi connectivity index (χ1v) is 9.11. The Morgan fingerprint density at radius 3 is 2.41 bits per heavy atom. The number of ether oxygens (including phenoxy) is 1. The third kappa shape index (κ3) is 3.92. The van der Waals surface area contributed by atoms with Crippen LogP contribution in [0.2, 0.25) is 0 Å². The predicted octanol–water partition coefficient (Wildman–Crippen LogP) is 5.01. The molecule has 0 aliphatic rings. The first-order valence-electron chi connectivity index (χ1n) is 9.11. The van der Waals surface area contributed by atoms with Crippen molar-refractivity contribution in [3.05, 3.63) is 96.4 Å². The highest BCUT2D eigenvalue weighted by Crippen LogP contribution is 2.28. The SMILES string of the molecule is COc1ccc(-c2nn(-c3ccccc3)cc2C=C(C#N)c2ccccn2)cc1. The summed E-state index contributed by atoms with van der Waals surface area (Å²) in [6.07, 6.45) is 5.43. The van der Waals surface area contributed by atoms with Crippen LogP contribution in [-0.2, 0) is 0 Å². The molecule has 4 rings (SSSR count). The topological polar surface area (TPSA) is 63.7 Å². The molecule has 0 unspecified atom stereocenters. The van der Waals surface area contributed by atoms with Gasteiger partial charge in [-0.1, -0.05) is 24.3 Å². The average Bonchev–Trinajstić information content (AvgIpc) is 3.22. The Labute approximate surface area is 169 Å². The van der Waals surface area contributed by atoms with Gasteiger partial charge in [0.2, 0.25) is 0 Å². The summed E-state index contributed by atoms with van der Waals surface area (Å²) in [5.41, 5.74) is 4.60. The van der Waals surface area contributed by atoms with Crippen LogP contribution in [0.25, 0.3) is 28.6 Å². The van der Waals surface area contributed by atoms with Gasteiger partial charge in [0.25, 0.3) is 0 Å². The van der Waals surface area contributed by atoms with Crippen molar-refractivity contribution in [2.75, 3.05) is 7.11 Å². The Morgan fingerprint density at radius 2 is 1.76 bits per heavy atom. The van der Waals surface area contributed by atoms with E-state index in [1.807, 2.05) is 89.8 Å². The van der Waals surface area contributed by atoms with Crippen molar-refractivity contribution in [3.63, 3.8) is 0 Å². The minimum Gasteiger partial charge on any atom is -0.497 e. The van der Waals surface area contributed by atoms with Gasteiger partial charge in [0.05, 0.1) is 29.8 Å². The van der Waals surface area contributed by atoms with E-state index in [0.717, 1.165) is 28.3 Å². The molecule has 5 nitrogen and oxygen atoms in total.